The molecule has 2 fully saturated rings. The second kappa shape index (κ2) is 5.54. The summed E-state index contributed by atoms with van der Waals surface area (Å²) in [7, 11) is 0. The van der Waals surface area contributed by atoms with Crippen molar-refractivity contribution in [1.82, 2.24) is 20.2 Å². The molecule has 1 unspecified atom stereocenters. The van der Waals surface area contributed by atoms with Crippen LogP contribution in [0.3, 0.4) is 0 Å². The van der Waals surface area contributed by atoms with E-state index in [2.05, 4.69) is 15.2 Å². The lowest BCUT2D eigenvalue weighted by atomic mass is 10.0. The van der Waals surface area contributed by atoms with Crippen LogP contribution in [0.25, 0.3) is 0 Å². The Morgan fingerprint density at radius 2 is 2.05 bits per heavy atom. The second-order valence-electron chi connectivity index (χ2n) is 6.72. The van der Waals surface area contributed by atoms with Crippen LogP contribution < -0.4 is 10.9 Å². The van der Waals surface area contributed by atoms with Crippen molar-refractivity contribution in [2.24, 2.45) is 0 Å². The molecule has 0 bridgehead atoms. The van der Waals surface area contributed by atoms with Crippen LogP contribution in [0, 0.1) is 0 Å². The molecule has 0 amide bonds. The van der Waals surface area contributed by atoms with Crippen LogP contribution in [0.15, 0.2) is 4.79 Å². The molecule has 5 heteroatoms. The average molecular weight is 288 g/mol. The van der Waals surface area contributed by atoms with Gasteiger partial charge in [0.25, 0.3) is 5.56 Å². The zero-order valence-electron chi connectivity index (χ0n) is 12.5. The summed E-state index contributed by atoms with van der Waals surface area (Å²) in [5.74, 6) is 1.28. The Hall–Kier alpha value is -1.20. The third kappa shape index (κ3) is 2.53. The Morgan fingerprint density at radius 3 is 2.81 bits per heavy atom. The van der Waals surface area contributed by atoms with E-state index in [1.54, 1.807) is 0 Å². The molecular formula is C16H24N4O. The smallest absolute Gasteiger partial charge is 0.254 e. The molecule has 114 valence electrons. The predicted molar refractivity (Wildman–Crippen MR) is 81.5 cm³/mol. The first kappa shape index (κ1) is 13.5. The van der Waals surface area contributed by atoms with E-state index >= 15 is 0 Å². The van der Waals surface area contributed by atoms with Gasteiger partial charge >= 0.3 is 0 Å². The SMILES string of the molecule is O=c1[nH]c(C2CCNC2)nc2c1CCN(C1CCCC1)C2. The van der Waals surface area contributed by atoms with Crippen molar-refractivity contribution in [2.45, 2.75) is 57.0 Å². The molecule has 3 aliphatic rings. The fourth-order valence-electron chi connectivity index (χ4n) is 4.14. The highest BCUT2D eigenvalue weighted by molar-refractivity contribution is 5.22. The monoisotopic (exact) mass is 288 g/mol. The Bertz CT molecular complexity index is 570. The first-order valence-electron chi connectivity index (χ1n) is 8.38. The summed E-state index contributed by atoms with van der Waals surface area (Å²) in [6.45, 7) is 3.86. The van der Waals surface area contributed by atoms with Crippen LogP contribution in [-0.2, 0) is 13.0 Å². The van der Waals surface area contributed by atoms with Crippen LogP contribution in [0.2, 0.25) is 0 Å². The van der Waals surface area contributed by atoms with E-state index in [0.717, 1.165) is 62.1 Å². The van der Waals surface area contributed by atoms with Gasteiger partial charge in [0.2, 0.25) is 0 Å². The second-order valence-corrected chi connectivity index (χ2v) is 6.72. The van der Waals surface area contributed by atoms with E-state index in [-0.39, 0.29) is 5.56 Å². The molecule has 4 rings (SSSR count). The number of hydrogen-bond acceptors (Lipinski definition) is 4. The first-order chi connectivity index (χ1) is 10.3. The summed E-state index contributed by atoms with van der Waals surface area (Å²) in [5.41, 5.74) is 2.07. The van der Waals surface area contributed by atoms with Crippen molar-refractivity contribution in [1.29, 1.82) is 0 Å². The normalized spacial score (nSPS) is 27.1. The minimum Gasteiger partial charge on any atom is -0.316 e. The van der Waals surface area contributed by atoms with E-state index in [1.807, 2.05) is 0 Å². The lowest BCUT2D eigenvalue weighted by Crippen LogP contribution is -2.41. The summed E-state index contributed by atoms with van der Waals surface area (Å²) >= 11 is 0. The molecular weight excluding hydrogens is 264 g/mol. The van der Waals surface area contributed by atoms with E-state index < -0.39 is 0 Å². The predicted octanol–water partition coefficient (Wildman–Crippen LogP) is 1.15. The highest BCUT2D eigenvalue weighted by atomic mass is 16.1. The molecule has 1 atom stereocenters. The van der Waals surface area contributed by atoms with E-state index in [9.17, 15) is 4.79 Å². The van der Waals surface area contributed by atoms with Crippen molar-refractivity contribution in [3.05, 3.63) is 27.4 Å². The molecule has 5 nitrogen and oxygen atoms in total. The summed E-state index contributed by atoms with van der Waals surface area (Å²) in [4.78, 5) is 22.8. The fourth-order valence-corrected chi connectivity index (χ4v) is 4.14. The number of nitrogens with zero attached hydrogens (tertiary/aromatic N) is 2. The van der Waals surface area contributed by atoms with Gasteiger partial charge in [0, 0.05) is 37.2 Å². The molecule has 3 heterocycles. The van der Waals surface area contributed by atoms with Gasteiger partial charge in [0.05, 0.1) is 5.69 Å². The molecule has 1 aromatic heterocycles. The highest BCUT2D eigenvalue weighted by Gasteiger charge is 2.29. The minimum atomic E-state index is 0.105. The van der Waals surface area contributed by atoms with Gasteiger partial charge in [-0.05, 0) is 32.2 Å². The molecule has 0 spiro atoms. The first-order valence-corrected chi connectivity index (χ1v) is 8.38. The molecule has 21 heavy (non-hydrogen) atoms. The number of H-pyrrole nitrogens is 1. The molecule has 0 radical (unpaired) electrons. The zero-order valence-corrected chi connectivity index (χ0v) is 12.5. The number of rotatable bonds is 2. The van der Waals surface area contributed by atoms with Gasteiger partial charge in [0.1, 0.15) is 5.82 Å². The van der Waals surface area contributed by atoms with Crippen molar-refractivity contribution >= 4 is 0 Å². The standard InChI is InChI=1S/C16H24N4O/c21-16-13-6-8-20(12-3-1-2-4-12)10-14(13)18-15(19-16)11-5-7-17-9-11/h11-12,17H,1-10H2,(H,18,19,21). The largest absolute Gasteiger partial charge is 0.316 e. The van der Waals surface area contributed by atoms with Gasteiger partial charge in [-0.2, -0.15) is 0 Å². The van der Waals surface area contributed by atoms with Gasteiger partial charge in [0.15, 0.2) is 0 Å². The van der Waals surface area contributed by atoms with Gasteiger partial charge in [-0.1, -0.05) is 12.8 Å². The van der Waals surface area contributed by atoms with Crippen molar-refractivity contribution < 1.29 is 0 Å². The third-order valence-corrected chi connectivity index (χ3v) is 5.41. The van der Waals surface area contributed by atoms with Crippen molar-refractivity contribution in [3.8, 4) is 0 Å². The number of hydrogen-bond donors (Lipinski definition) is 2. The molecule has 1 aliphatic carbocycles. The van der Waals surface area contributed by atoms with Gasteiger partial charge in [-0.25, -0.2) is 4.98 Å². The number of aromatic amines is 1. The third-order valence-electron chi connectivity index (χ3n) is 5.41. The summed E-state index contributed by atoms with van der Waals surface area (Å²) < 4.78 is 0. The molecule has 1 saturated heterocycles. The molecule has 1 aromatic rings. The Kier molecular flexibility index (Phi) is 3.55. The van der Waals surface area contributed by atoms with Crippen molar-refractivity contribution in [3.63, 3.8) is 0 Å². The van der Waals surface area contributed by atoms with E-state index in [1.165, 1.54) is 25.7 Å². The van der Waals surface area contributed by atoms with Gasteiger partial charge < -0.3 is 10.3 Å². The maximum Gasteiger partial charge on any atom is 0.254 e. The van der Waals surface area contributed by atoms with Crippen LogP contribution >= 0.6 is 0 Å². The van der Waals surface area contributed by atoms with Crippen molar-refractivity contribution in [2.75, 3.05) is 19.6 Å². The molecule has 1 saturated carbocycles. The topological polar surface area (TPSA) is 61.0 Å². The van der Waals surface area contributed by atoms with E-state index in [0.29, 0.717) is 5.92 Å². The minimum absolute atomic E-state index is 0.105. The number of fused-ring (bicyclic) bond motifs is 1. The molecule has 0 aromatic carbocycles. The summed E-state index contributed by atoms with van der Waals surface area (Å²) in [6, 6.07) is 0.718. The van der Waals surface area contributed by atoms with Gasteiger partial charge in [-0.3, -0.25) is 9.69 Å². The maximum absolute atomic E-state index is 12.3. The Balaban J connectivity index is 1.61. The lowest BCUT2D eigenvalue weighted by Gasteiger charge is -2.32. The summed E-state index contributed by atoms with van der Waals surface area (Å²) in [6.07, 6.45) is 7.28. The Labute approximate surface area is 125 Å². The van der Waals surface area contributed by atoms with Crippen LogP contribution in [0.5, 0.6) is 0 Å². The average Bonchev–Trinajstić information content (AvgIpc) is 3.20. The summed E-state index contributed by atoms with van der Waals surface area (Å²) in [5, 5.41) is 3.35. The quantitative estimate of drug-likeness (QED) is 0.857. The molecule has 2 aliphatic heterocycles. The van der Waals surface area contributed by atoms with E-state index in [4.69, 9.17) is 4.98 Å². The molecule has 2 N–H and O–H groups in total. The Morgan fingerprint density at radius 1 is 1.19 bits per heavy atom. The number of nitrogens with one attached hydrogen (secondary N) is 2. The maximum atomic E-state index is 12.3. The number of aromatic nitrogens is 2. The lowest BCUT2D eigenvalue weighted by molar-refractivity contribution is 0.177. The highest BCUT2D eigenvalue weighted by Crippen LogP contribution is 2.28. The fraction of sp³-hybridized carbons (Fsp3) is 0.750. The zero-order chi connectivity index (χ0) is 14.2. The van der Waals surface area contributed by atoms with Crippen LogP contribution in [0.1, 0.15) is 55.1 Å². The van der Waals surface area contributed by atoms with Crippen LogP contribution in [-0.4, -0.2) is 40.5 Å². The van der Waals surface area contributed by atoms with Gasteiger partial charge in [-0.15, -0.1) is 0 Å². The van der Waals surface area contributed by atoms with Crippen LogP contribution in [0.4, 0.5) is 0 Å².